The van der Waals surface area contributed by atoms with Crippen molar-refractivity contribution in [3.8, 4) is 11.8 Å². The highest BCUT2D eigenvalue weighted by atomic mass is 16.5. The van der Waals surface area contributed by atoms with E-state index in [4.69, 9.17) is 14.7 Å². The first-order valence-corrected chi connectivity index (χ1v) is 5.41. The topological polar surface area (TPSA) is 42.2 Å². The van der Waals surface area contributed by atoms with Crippen molar-refractivity contribution in [3.05, 3.63) is 28.8 Å². The number of hydrogen-bond acceptors (Lipinski definition) is 3. The van der Waals surface area contributed by atoms with Crippen LogP contribution in [0.5, 0.6) is 5.75 Å². The highest BCUT2D eigenvalue weighted by Crippen LogP contribution is 2.24. The molecule has 3 nitrogen and oxygen atoms in total. The minimum Gasteiger partial charge on any atom is -0.491 e. The zero-order valence-corrected chi connectivity index (χ0v) is 10.0. The molecular weight excluding hydrogens is 202 g/mol. The molecule has 0 atom stereocenters. The lowest BCUT2D eigenvalue weighted by Gasteiger charge is -2.12. The third kappa shape index (κ3) is 3.25. The first kappa shape index (κ1) is 12.5. The minimum absolute atomic E-state index is 0.543. The second kappa shape index (κ2) is 6.14. The van der Waals surface area contributed by atoms with Gasteiger partial charge in [-0.2, -0.15) is 5.26 Å². The molecule has 0 spiro atoms. The van der Waals surface area contributed by atoms with E-state index in [1.807, 2.05) is 32.9 Å². The van der Waals surface area contributed by atoms with Crippen molar-refractivity contribution < 1.29 is 9.47 Å². The van der Waals surface area contributed by atoms with Gasteiger partial charge in [0, 0.05) is 6.61 Å². The Hall–Kier alpha value is -1.53. The van der Waals surface area contributed by atoms with Crippen LogP contribution in [0.1, 0.15) is 23.6 Å². The average Bonchev–Trinajstić information content (AvgIpc) is 2.26. The second-order valence-electron chi connectivity index (χ2n) is 3.60. The van der Waals surface area contributed by atoms with E-state index >= 15 is 0 Å². The van der Waals surface area contributed by atoms with E-state index in [0.717, 1.165) is 16.9 Å². The molecule has 0 N–H and O–H groups in total. The van der Waals surface area contributed by atoms with Crippen LogP contribution in [0.4, 0.5) is 0 Å². The van der Waals surface area contributed by atoms with E-state index in [1.54, 1.807) is 0 Å². The van der Waals surface area contributed by atoms with Crippen LogP contribution < -0.4 is 4.74 Å². The molecule has 0 radical (unpaired) electrons. The van der Waals surface area contributed by atoms with E-state index < -0.39 is 0 Å². The minimum atomic E-state index is 0.543. The maximum absolute atomic E-state index is 8.81. The van der Waals surface area contributed by atoms with Gasteiger partial charge in [-0.1, -0.05) is 0 Å². The van der Waals surface area contributed by atoms with E-state index in [2.05, 4.69) is 6.07 Å². The zero-order chi connectivity index (χ0) is 12.0. The molecule has 0 saturated carbocycles. The van der Waals surface area contributed by atoms with Gasteiger partial charge in [0.25, 0.3) is 0 Å². The first-order chi connectivity index (χ1) is 7.69. The molecule has 16 heavy (non-hydrogen) atoms. The van der Waals surface area contributed by atoms with Crippen molar-refractivity contribution >= 4 is 0 Å². The Morgan fingerprint density at radius 1 is 1.19 bits per heavy atom. The van der Waals surface area contributed by atoms with Crippen molar-refractivity contribution in [1.82, 2.24) is 0 Å². The number of rotatable bonds is 5. The monoisotopic (exact) mass is 219 g/mol. The number of nitrogens with zero attached hydrogens (tertiary/aromatic N) is 1. The number of aryl methyl sites for hydroxylation is 2. The van der Waals surface area contributed by atoms with Crippen molar-refractivity contribution in [3.63, 3.8) is 0 Å². The molecule has 0 saturated heterocycles. The smallest absolute Gasteiger partial charge is 0.125 e. The second-order valence-corrected chi connectivity index (χ2v) is 3.60. The van der Waals surface area contributed by atoms with Gasteiger partial charge in [0.15, 0.2) is 0 Å². The highest BCUT2D eigenvalue weighted by Gasteiger charge is 2.05. The summed E-state index contributed by atoms with van der Waals surface area (Å²) in [6.45, 7) is 7.69. The number of ether oxygens (including phenoxy) is 2. The fraction of sp³-hybridized carbons (Fsp3) is 0.462. The van der Waals surface area contributed by atoms with Crippen molar-refractivity contribution in [2.24, 2.45) is 0 Å². The van der Waals surface area contributed by atoms with Crippen LogP contribution in [-0.2, 0) is 4.74 Å². The van der Waals surface area contributed by atoms with Crippen LogP contribution in [0, 0.1) is 25.2 Å². The van der Waals surface area contributed by atoms with Gasteiger partial charge in [0.1, 0.15) is 12.4 Å². The predicted molar refractivity (Wildman–Crippen MR) is 62.6 cm³/mol. The molecule has 3 heteroatoms. The third-order valence-corrected chi connectivity index (χ3v) is 2.27. The summed E-state index contributed by atoms with van der Waals surface area (Å²) in [5.74, 6) is 0.860. The Morgan fingerprint density at radius 2 is 1.81 bits per heavy atom. The molecule has 0 bridgehead atoms. The summed E-state index contributed by atoms with van der Waals surface area (Å²) in [6.07, 6.45) is 0. The summed E-state index contributed by atoms with van der Waals surface area (Å²) in [4.78, 5) is 0. The summed E-state index contributed by atoms with van der Waals surface area (Å²) < 4.78 is 10.8. The van der Waals surface area contributed by atoms with Crippen molar-refractivity contribution in [2.45, 2.75) is 20.8 Å². The van der Waals surface area contributed by atoms with Crippen molar-refractivity contribution in [2.75, 3.05) is 19.8 Å². The van der Waals surface area contributed by atoms with E-state index in [9.17, 15) is 0 Å². The molecule has 0 amide bonds. The molecule has 86 valence electrons. The quantitative estimate of drug-likeness (QED) is 0.715. The Kier molecular flexibility index (Phi) is 4.81. The Morgan fingerprint density at radius 3 is 2.31 bits per heavy atom. The molecule has 1 aromatic carbocycles. The van der Waals surface area contributed by atoms with Gasteiger partial charge in [0.05, 0.1) is 18.2 Å². The fourth-order valence-corrected chi connectivity index (χ4v) is 1.59. The van der Waals surface area contributed by atoms with Crippen LogP contribution in [0.3, 0.4) is 0 Å². The molecule has 1 rings (SSSR count). The molecule has 0 aliphatic heterocycles. The number of benzene rings is 1. The lowest BCUT2D eigenvalue weighted by molar-refractivity contribution is 0.109. The maximum Gasteiger partial charge on any atom is 0.125 e. The zero-order valence-electron chi connectivity index (χ0n) is 10.0. The molecule has 0 fully saturated rings. The van der Waals surface area contributed by atoms with Crippen LogP contribution in [0.25, 0.3) is 0 Å². The SMILES string of the molecule is CCOCCOc1c(C)cc(C#N)cc1C. The number of nitriles is 1. The molecular formula is C13H17NO2. The highest BCUT2D eigenvalue weighted by molar-refractivity contribution is 5.47. The van der Waals surface area contributed by atoms with E-state index in [-0.39, 0.29) is 0 Å². The van der Waals surface area contributed by atoms with Crippen LogP contribution >= 0.6 is 0 Å². The normalized spacial score (nSPS) is 9.88. The van der Waals surface area contributed by atoms with Gasteiger partial charge >= 0.3 is 0 Å². The van der Waals surface area contributed by atoms with E-state index in [1.165, 1.54) is 0 Å². The molecule has 1 aromatic rings. The van der Waals surface area contributed by atoms with Gasteiger partial charge in [-0.05, 0) is 44.0 Å². The summed E-state index contributed by atoms with van der Waals surface area (Å²) in [6, 6.07) is 5.80. The van der Waals surface area contributed by atoms with Crippen LogP contribution in [0.15, 0.2) is 12.1 Å². The largest absolute Gasteiger partial charge is 0.491 e. The predicted octanol–water partition coefficient (Wildman–Crippen LogP) is 2.59. The molecule has 0 aromatic heterocycles. The third-order valence-electron chi connectivity index (χ3n) is 2.27. The van der Waals surface area contributed by atoms with Gasteiger partial charge in [-0.15, -0.1) is 0 Å². The Bertz CT molecular complexity index is 370. The van der Waals surface area contributed by atoms with Gasteiger partial charge in [-0.3, -0.25) is 0 Å². The molecule has 0 heterocycles. The Balaban J connectivity index is 2.70. The Labute approximate surface area is 96.6 Å². The van der Waals surface area contributed by atoms with Gasteiger partial charge in [-0.25, -0.2) is 0 Å². The summed E-state index contributed by atoms with van der Waals surface area (Å²) in [5.41, 5.74) is 2.66. The number of hydrogen-bond donors (Lipinski definition) is 0. The first-order valence-electron chi connectivity index (χ1n) is 5.41. The fourth-order valence-electron chi connectivity index (χ4n) is 1.59. The maximum atomic E-state index is 8.81. The van der Waals surface area contributed by atoms with Crippen LogP contribution in [-0.4, -0.2) is 19.8 Å². The van der Waals surface area contributed by atoms with Gasteiger partial charge in [0.2, 0.25) is 0 Å². The van der Waals surface area contributed by atoms with E-state index in [0.29, 0.717) is 25.4 Å². The summed E-state index contributed by atoms with van der Waals surface area (Å²) in [7, 11) is 0. The lowest BCUT2D eigenvalue weighted by Crippen LogP contribution is -2.08. The van der Waals surface area contributed by atoms with Crippen LogP contribution in [0.2, 0.25) is 0 Å². The molecule has 0 aliphatic carbocycles. The summed E-state index contributed by atoms with van der Waals surface area (Å²) in [5, 5.41) is 8.81. The van der Waals surface area contributed by atoms with Crippen molar-refractivity contribution in [1.29, 1.82) is 5.26 Å². The average molecular weight is 219 g/mol. The molecule has 0 unspecified atom stereocenters. The standard InChI is InChI=1S/C13H17NO2/c1-4-15-5-6-16-13-10(2)7-12(9-14)8-11(13)3/h7-8H,4-6H2,1-3H3. The summed E-state index contributed by atoms with van der Waals surface area (Å²) >= 11 is 0. The lowest BCUT2D eigenvalue weighted by atomic mass is 10.1. The molecule has 0 aliphatic rings. The van der Waals surface area contributed by atoms with Gasteiger partial charge < -0.3 is 9.47 Å².